The second kappa shape index (κ2) is 3.77. The summed E-state index contributed by atoms with van der Waals surface area (Å²) in [4.78, 5) is 0. The Morgan fingerprint density at radius 2 is 2.20 bits per heavy atom. The zero-order chi connectivity index (χ0) is 11.1. The van der Waals surface area contributed by atoms with Gasteiger partial charge in [-0.3, -0.25) is 0 Å². The average Bonchev–Trinajstić information content (AvgIpc) is 2.14. The van der Waals surface area contributed by atoms with Crippen molar-refractivity contribution in [2.75, 3.05) is 12.8 Å². The van der Waals surface area contributed by atoms with Gasteiger partial charge in [0.05, 0.1) is 5.75 Å². The monoisotopic (exact) mass is 245 g/mol. The first-order valence-electron chi connectivity index (χ1n) is 4.69. The molecule has 1 heterocycles. The van der Waals surface area contributed by atoms with E-state index in [0.717, 1.165) is 5.56 Å². The lowest BCUT2D eigenvalue weighted by molar-refractivity contribution is 0.483. The highest BCUT2D eigenvalue weighted by Crippen LogP contribution is 2.37. The molecule has 15 heavy (non-hydrogen) atoms. The topological polar surface area (TPSA) is 46.2 Å². The van der Waals surface area contributed by atoms with Crippen LogP contribution in [-0.2, 0) is 9.84 Å². The van der Waals surface area contributed by atoms with E-state index in [9.17, 15) is 8.42 Å². The van der Waals surface area contributed by atoms with Gasteiger partial charge in [-0.1, -0.05) is 23.7 Å². The van der Waals surface area contributed by atoms with E-state index in [1.165, 1.54) is 0 Å². The predicted octanol–water partition coefficient (Wildman–Crippen LogP) is 1.40. The summed E-state index contributed by atoms with van der Waals surface area (Å²) in [5, 5.41) is 3.13. The van der Waals surface area contributed by atoms with E-state index in [4.69, 9.17) is 11.6 Å². The summed E-state index contributed by atoms with van der Waals surface area (Å²) in [5.74, 6) is 0.209. The first-order valence-corrected chi connectivity index (χ1v) is 6.78. The summed E-state index contributed by atoms with van der Waals surface area (Å²) >= 11 is 5.84. The third kappa shape index (κ3) is 1.89. The van der Waals surface area contributed by atoms with E-state index < -0.39 is 15.1 Å². The van der Waals surface area contributed by atoms with Crippen LogP contribution >= 0.6 is 11.6 Å². The number of rotatable bonds is 2. The number of benzene rings is 1. The van der Waals surface area contributed by atoms with E-state index in [2.05, 4.69) is 5.32 Å². The molecule has 0 aromatic heterocycles. The maximum atomic E-state index is 11.6. The molecule has 5 heteroatoms. The van der Waals surface area contributed by atoms with Crippen LogP contribution in [0, 0.1) is 0 Å². The highest BCUT2D eigenvalue weighted by Gasteiger charge is 2.45. The second-order valence-corrected chi connectivity index (χ2v) is 6.30. The molecule has 2 rings (SSSR count). The van der Waals surface area contributed by atoms with Crippen LogP contribution in [-0.4, -0.2) is 27.3 Å². The summed E-state index contributed by atoms with van der Waals surface area (Å²) in [7, 11) is -1.20. The zero-order valence-electron chi connectivity index (χ0n) is 8.27. The normalized spacial score (nSPS) is 28.4. The molecule has 1 aromatic carbocycles. The molecular formula is C10H12ClNO2S. The zero-order valence-corrected chi connectivity index (χ0v) is 9.85. The summed E-state index contributed by atoms with van der Waals surface area (Å²) in [6, 6.07) is 7.04. The number of nitrogens with one attached hydrogen (secondary N) is 1. The van der Waals surface area contributed by atoms with Crippen molar-refractivity contribution in [2.24, 2.45) is 0 Å². The number of hydrogen-bond donors (Lipinski definition) is 1. The summed E-state index contributed by atoms with van der Waals surface area (Å²) < 4.78 is 23.2. The highest BCUT2D eigenvalue weighted by atomic mass is 35.5. The first-order chi connectivity index (χ1) is 7.04. The maximum absolute atomic E-state index is 11.6. The van der Waals surface area contributed by atoms with Crippen LogP contribution in [0.3, 0.4) is 0 Å². The third-order valence-corrected chi connectivity index (χ3v) is 5.15. The van der Waals surface area contributed by atoms with Gasteiger partial charge >= 0.3 is 0 Å². The number of sulfone groups is 1. The van der Waals surface area contributed by atoms with E-state index in [0.29, 0.717) is 5.02 Å². The van der Waals surface area contributed by atoms with Gasteiger partial charge in [0, 0.05) is 11.1 Å². The molecule has 1 fully saturated rings. The van der Waals surface area contributed by atoms with Crippen molar-refractivity contribution in [1.29, 1.82) is 0 Å². The van der Waals surface area contributed by atoms with Crippen LogP contribution in [0.25, 0.3) is 0 Å². The molecule has 0 aliphatic carbocycles. The Kier molecular flexibility index (Phi) is 2.75. The van der Waals surface area contributed by atoms with Gasteiger partial charge in [0.25, 0.3) is 0 Å². The molecule has 3 nitrogen and oxygen atoms in total. The molecule has 1 aliphatic rings. The van der Waals surface area contributed by atoms with Crippen molar-refractivity contribution in [3.05, 3.63) is 34.9 Å². The fourth-order valence-corrected chi connectivity index (χ4v) is 4.13. The molecule has 0 amide bonds. The molecular weight excluding hydrogens is 234 g/mol. The largest absolute Gasteiger partial charge is 0.314 e. The van der Waals surface area contributed by atoms with Gasteiger partial charge < -0.3 is 5.32 Å². The van der Waals surface area contributed by atoms with Crippen molar-refractivity contribution in [1.82, 2.24) is 5.32 Å². The van der Waals surface area contributed by atoms with Gasteiger partial charge in [-0.25, -0.2) is 8.42 Å². The van der Waals surface area contributed by atoms with Gasteiger partial charge in [-0.15, -0.1) is 0 Å². The number of hydrogen-bond acceptors (Lipinski definition) is 3. The van der Waals surface area contributed by atoms with Crippen molar-refractivity contribution in [3.8, 4) is 0 Å². The van der Waals surface area contributed by atoms with E-state index in [1.807, 2.05) is 0 Å². The van der Waals surface area contributed by atoms with Gasteiger partial charge in [-0.2, -0.15) is 0 Å². The Labute approximate surface area is 94.4 Å². The van der Waals surface area contributed by atoms with Crippen LogP contribution < -0.4 is 5.32 Å². The molecule has 0 bridgehead atoms. The molecule has 0 spiro atoms. The van der Waals surface area contributed by atoms with Gasteiger partial charge in [-0.05, 0) is 24.7 Å². The SMILES string of the molecule is CNC1CS(=O)(=O)C1c1cccc(Cl)c1. The Bertz CT molecular complexity index is 472. The van der Waals surface area contributed by atoms with Crippen molar-refractivity contribution >= 4 is 21.4 Å². The lowest BCUT2D eigenvalue weighted by Crippen LogP contribution is -2.52. The first kappa shape index (κ1) is 10.9. The summed E-state index contributed by atoms with van der Waals surface area (Å²) in [6.07, 6.45) is 0. The van der Waals surface area contributed by atoms with Crippen LogP contribution in [0.2, 0.25) is 5.02 Å². The van der Waals surface area contributed by atoms with Crippen molar-refractivity contribution in [3.63, 3.8) is 0 Å². The number of likely N-dealkylation sites (N-methyl/N-ethyl adjacent to an activating group) is 1. The summed E-state index contributed by atoms with van der Waals surface area (Å²) in [5.41, 5.74) is 0.771. The van der Waals surface area contributed by atoms with Crippen molar-refractivity contribution in [2.45, 2.75) is 11.3 Å². The minimum absolute atomic E-state index is 0.00784. The quantitative estimate of drug-likeness (QED) is 0.857. The van der Waals surface area contributed by atoms with Gasteiger partial charge in [0.2, 0.25) is 0 Å². The molecule has 2 unspecified atom stereocenters. The average molecular weight is 246 g/mol. The van der Waals surface area contributed by atoms with Crippen molar-refractivity contribution < 1.29 is 8.42 Å². The van der Waals surface area contributed by atoms with Gasteiger partial charge in [0.15, 0.2) is 9.84 Å². The second-order valence-electron chi connectivity index (χ2n) is 3.70. The molecule has 0 radical (unpaired) electrons. The molecule has 1 aromatic rings. The molecule has 2 atom stereocenters. The maximum Gasteiger partial charge on any atom is 0.160 e. The Hall–Kier alpha value is -0.580. The van der Waals surface area contributed by atoms with Crippen LogP contribution in [0.15, 0.2) is 24.3 Å². The Balaban J connectivity index is 2.37. The van der Waals surface area contributed by atoms with Crippen LogP contribution in [0.1, 0.15) is 10.8 Å². The van der Waals surface area contributed by atoms with Gasteiger partial charge in [0.1, 0.15) is 5.25 Å². The molecule has 82 valence electrons. The summed E-state index contributed by atoms with van der Waals surface area (Å²) in [6.45, 7) is 0. The van der Waals surface area contributed by atoms with E-state index in [1.54, 1.807) is 31.3 Å². The number of halogens is 1. The lowest BCUT2D eigenvalue weighted by Gasteiger charge is -2.36. The third-order valence-electron chi connectivity index (χ3n) is 2.71. The predicted molar refractivity (Wildman–Crippen MR) is 60.8 cm³/mol. The molecule has 1 aliphatic heterocycles. The fraction of sp³-hybridized carbons (Fsp3) is 0.400. The van der Waals surface area contributed by atoms with E-state index >= 15 is 0 Å². The Morgan fingerprint density at radius 1 is 1.47 bits per heavy atom. The molecule has 1 N–H and O–H groups in total. The minimum atomic E-state index is -2.97. The molecule has 1 saturated heterocycles. The lowest BCUT2D eigenvalue weighted by atomic mass is 10.1. The molecule has 0 saturated carbocycles. The fourth-order valence-electron chi connectivity index (χ4n) is 1.93. The van der Waals surface area contributed by atoms with Crippen LogP contribution in [0.5, 0.6) is 0 Å². The standard InChI is InChI=1S/C10H12ClNO2S/c1-12-9-6-15(13,14)10(9)7-3-2-4-8(11)5-7/h2-5,9-10,12H,6H2,1H3. The van der Waals surface area contributed by atoms with Crippen LogP contribution in [0.4, 0.5) is 0 Å². The van der Waals surface area contributed by atoms with E-state index in [-0.39, 0.29) is 11.8 Å². The smallest absolute Gasteiger partial charge is 0.160 e. The Morgan fingerprint density at radius 3 is 2.73 bits per heavy atom. The minimum Gasteiger partial charge on any atom is -0.314 e. The highest BCUT2D eigenvalue weighted by molar-refractivity contribution is 7.93.